The molecule has 3 saturated heterocycles. The minimum Gasteiger partial charge on any atom is -0.335 e. The van der Waals surface area contributed by atoms with Gasteiger partial charge in [-0.15, -0.1) is 0 Å². The Morgan fingerprint density at radius 2 is 2.03 bits per heavy atom. The lowest BCUT2D eigenvalue weighted by Crippen LogP contribution is -2.55. The zero-order valence-corrected chi connectivity index (χ0v) is 15.5. The Bertz CT molecular complexity index is 1150. The first-order valence-electron chi connectivity index (χ1n) is 9.84. The predicted molar refractivity (Wildman–Crippen MR) is 102 cm³/mol. The van der Waals surface area contributed by atoms with E-state index in [2.05, 4.69) is 11.1 Å². The summed E-state index contributed by atoms with van der Waals surface area (Å²) in [5, 5.41) is 9.94. The number of carbonyl (C=O) groups is 3. The van der Waals surface area contributed by atoms with Crippen LogP contribution in [-0.4, -0.2) is 57.3 Å². The van der Waals surface area contributed by atoms with Crippen LogP contribution in [0.3, 0.4) is 0 Å². The Hall–Kier alpha value is -3.47. The smallest absolute Gasteiger partial charge is 0.332 e. The number of imide groups is 1. The van der Waals surface area contributed by atoms with Crippen LogP contribution in [0.25, 0.3) is 10.9 Å². The third-order valence-corrected chi connectivity index (χ3v) is 6.58. The number of amides is 4. The number of hydrogen-bond acceptors (Lipinski definition) is 5. The highest BCUT2D eigenvalue weighted by molar-refractivity contribution is 6.25. The molecule has 4 amide bonds. The van der Waals surface area contributed by atoms with Gasteiger partial charge >= 0.3 is 6.03 Å². The number of rotatable bonds is 2. The minimum absolute atomic E-state index is 0.0969. The Morgan fingerprint density at radius 1 is 1.21 bits per heavy atom. The van der Waals surface area contributed by atoms with Crippen molar-refractivity contribution in [2.24, 2.45) is 5.92 Å². The van der Waals surface area contributed by atoms with Crippen LogP contribution in [0.4, 0.5) is 10.5 Å². The average molecular weight is 387 g/mol. The van der Waals surface area contributed by atoms with Crippen molar-refractivity contribution in [2.45, 2.75) is 37.4 Å². The first kappa shape index (κ1) is 16.5. The molecule has 8 heteroatoms. The molecule has 4 fully saturated rings. The monoisotopic (exact) mass is 387 g/mol. The Kier molecular flexibility index (Phi) is 3.15. The molecular formula is C21H17N5O3. The van der Waals surface area contributed by atoms with E-state index in [1.54, 1.807) is 35.4 Å². The number of nitrogens with zero attached hydrogens (tertiary/aromatic N) is 5. The second-order valence-electron chi connectivity index (χ2n) is 8.17. The highest BCUT2D eigenvalue weighted by atomic mass is 16.2. The van der Waals surface area contributed by atoms with E-state index in [0.717, 1.165) is 12.8 Å². The number of hydrogen-bond donors (Lipinski definition) is 0. The maximum absolute atomic E-state index is 13.4. The second-order valence-corrected chi connectivity index (χ2v) is 8.17. The molecule has 144 valence electrons. The van der Waals surface area contributed by atoms with Crippen LogP contribution in [0.5, 0.6) is 0 Å². The van der Waals surface area contributed by atoms with Gasteiger partial charge in [-0.1, -0.05) is 0 Å². The molecule has 0 N–H and O–H groups in total. The summed E-state index contributed by atoms with van der Waals surface area (Å²) in [6, 6.07) is 7.49. The highest BCUT2D eigenvalue weighted by Gasteiger charge is 2.63. The number of fused-ring (bicyclic) bond motifs is 6. The van der Waals surface area contributed by atoms with Gasteiger partial charge in [-0.2, -0.15) is 5.26 Å². The Morgan fingerprint density at radius 3 is 2.79 bits per heavy atom. The SMILES string of the molecule is N#Cc1ccc(N2C(=O)C3C4C[C@H](CN4C(=O)C4CC4)N3C2=O)c2cccnc12. The quantitative estimate of drug-likeness (QED) is 0.730. The van der Waals surface area contributed by atoms with Crippen LogP contribution in [-0.2, 0) is 9.59 Å². The van der Waals surface area contributed by atoms with Gasteiger partial charge in [-0.3, -0.25) is 14.6 Å². The predicted octanol–water partition coefficient (Wildman–Crippen LogP) is 1.64. The molecule has 2 unspecified atom stereocenters. The van der Waals surface area contributed by atoms with Gasteiger partial charge in [0.05, 0.1) is 28.9 Å². The summed E-state index contributed by atoms with van der Waals surface area (Å²) in [7, 11) is 0. The third-order valence-electron chi connectivity index (χ3n) is 6.58. The summed E-state index contributed by atoms with van der Waals surface area (Å²) in [5.74, 6) is -0.0748. The lowest BCUT2D eigenvalue weighted by atomic mass is 10.1. The summed E-state index contributed by atoms with van der Waals surface area (Å²) in [6.07, 6.45) is 4.10. The van der Waals surface area contributed by atoms with Gasteiger partial charge in [0.1, 0.15) is 12.1 Å². The third kappa shape index (κ3) is 2.07. The topological polar surface area (TPSA) is 97.6 Å². The molecule has 2 bridgehead atoms. The molecule has 1 saturated carbocycles. The van der Waals surface area contributed by atoms with Crippen LogP contribution in [0.15, 0.2) is 30.5 Å². The first-order chi connectivity index (χ1) is 14.1. The van der Waals surface area contributed by atoms with Gasteiger partial charge in [0, 0.05) is 24.0 Å². The van der Waals surface area contributed by atoms with E-state index < -0.39 is 6.04 Å². The summed E-state index contributed by atoms with van der Waals surface area (Å²) in [5.41, 5.74) is 1.30. The number of carbonyl (C=O) groups excluding carboxylic acids is 3. The number of anilines is 1. The maximum atomic E-state index is 13.4. The molecule has 0 spiro atoms. The standard InChI is InChI=1S/C21H17N5O3/c22-9-12-5-6-15(14-2-1-7-23-17(12)14)26-20(28)18-16-8-13(25(18)21(26)29)10-24(16)19(27)11-3-4-11/h1-2,5-7,11,13,16,18H,3-4,8,10H2/t13-,16?,18?/m1/s1. The van der Waals surface area contributed by atoms with E-state index in [9.17, 15) is 19.6 Å². The van der Waals surface area contributed by atoms with Crippen molar-refractivity contribution >= 4 is 34.4 Å². The van der Waals surface area contributed by atoms with Gasteiger partial charge in [-0.05, 0) is 43.5 Å². The fourth-order valence-electron chi connectivity index (χ4n) is 5.14. The number of pyridine rings is 1. The first-order valence-corrected chi connectivity index (χ1v) is 9.84. The Labute approximate surface area is 166 Å². The zero-order chi connectivity index (χ0) is 19.9. The van der Waals surface area contributed by atoms with Crippen molar-refractivity contribution in [3.8, 4) is 6.07 Å². The lowest BCUT2D eigenvalue weighted by Gasteiger charge is -2.35. The van der Waals surface area contributed by atoms with Crippen molar-refractivity contribution in [2.75, 3.05) is 11.4 Å². The number of likely N-dealkylation sites (tertiary alicyclic amines) is 1. The molecule has 8 nitrogen and oxygen atoms in total. The molecule has 1 aromatic carbocycles. The molecule has 2 aromatic rings. The summed E-state index contributed by atoms with van der Waals surface area (Å²) in [4.78, 5) is 48.2. The molecule has 3 atom stereocenters. The van der Waals surface area contributed by atoms with E-state index in [1.807, 2.05) is 4.90 Å². The number of urea groups is 1. The van der Waals surface area contributed by atoms with Crippen LogP contribution in [0, 0.1) is 17.2 Å². The molecule has 6 rings (SSSR count). The molecule has 1 aliphatic carbocycles. The molecule has 0 radical (unpaired) electrons. The van der Waals surface area contributed by atoms with Gasteiger partial charge in [0.15, 0.2) is 0 Å². The number of nitriles is 1. The molecule has 29 heavy (non-hydrogen) atoms. The van der Waals surface area contributed by atoms with Gasteiger partial charge in [0.25, 0.3) is 5.91 Å². The Balaban J connectivity index is 1.41. The highest BCUT2D eigenvalue weighted by Crippen LogP contribution is 2.45. The normalized spacial score (nSPS) is 27.7. The van der Waals surface area contributed by atoms with Gasteiger partial charge < -0.3 is 9.80 Å². The maximum Gasteiger partial charge on any atom is 0.332 e. The summed E-state index contributed by atoms with van der Waals surface area (Å²) in [6.45, 7) is 0.513. The molecule has 3 aliphatic heterocycles. The lowest BCUT2D eigenvalue weighted by molar-refractivity contribution is -0.136. The van der Waals surface area contributed by atoms with Crippen molar-refractivity contribution < 1.29 is 14.4 Å². The van der Waals surface area contributed by atoms with Crippen molar-refractivity contribution in [1.29, 1.82) is 5.26 Å². The van der Waals surface area contributed by atoms with Crippen molar-refractivity contribution in [1.82, 2.24) is 14.8 Å². The van der Waals surface area contributed by atoms with Crippen LogP contribution >= 0.6 is 0 Å². The van der Waals surface area contributed by atoms with E-state index in [-0.39, 0.29) is 35.8 Å². The van der Waals surface area contributed by atoms with Gasteiger partial charge in [-0.25, -0.2) is 9.69 Å². The number of benzene rings is 1. The summed E-state index contributed by atoms with van der Waals surface area (Å²) >= 11 is 0. The number of piperazine rings is 1. The average Bonchev–Trinajstić information content (AvgIpc) is 3.33. The van der Waals surface area contributed by atoms with Crippen LogP contribution in [0.2, 0.25) is 0 Å². The fourth-order valence-corrected chi connectivity index (χ4v) is 5.14. The van der Waals surface area contributed by atoms with E-state index in [1.165, 1.54) is 4.90 Å². The van der Waals surface area contributed by atoms with Crippen molar-refractivity contribution in [3.63, 3.8) is 0 Å². The van der Waals surface area contributed by atoms with Crippen LogP contribution < -0.4 is 4.90 Å². The van der Waals surface area contributed by atoms with Crippen LogP contribution in [0.1, 0.15) is 24.8 Å². The number of aromatic nitrogens is 1. The molecule has 4 aliphatic rings. The van der Waals surface area contributed by atoms with E-state index in [4.69, 9.17) is 0 Å². The zero-order valence-electron chi connectivity index (χ0n) is 15.5. The molecular weight excluding hydrogens is 370 g/mol. The van der Waals surface area contributed by atoms with E-state index in [0.29, 0.717) is 35.1 Å². The fraction of sp³-hybridized carbons (Fsp3) is 0.381. The second kappa shape index (κ2) is 5.54. The summed E-state index contributed by atoms with van der Waals surface area (Å²) < 4.78 is 0. The molecule has 1 aromatic heterocycles. The van der Waals surface area contributed by atoms with Crippen molar-refractivity contribution in [3.05, 3.63) is 36.0 Å². The van der Waals surface area contributed by atoms with Gasteiger partial charge in [0.2, 0.25) is 5.91 Å². The minimum atomic E-state index is -0.619. The van der Waals surface area contributed by atoms with E-state index >= 15 is 0 Å². The molecule has 4 heterocycles. The largest absolute Gasteiger partial charge is 0.335 e.